The zero-order valence-corrected chi connectivity index (χ0v) is 8.17. The molecule has 0 aromatic heterocycles. The van der Waals surface area contributed by atoms with E-state index in [4.69, 9.17) is 0 Å². The van der Waals surface area contributed by atoms with Gasteiger partial charge in [0, 0.05) is 13.0 Å². The van der Waals surface area contributed by atoms with Crippen molar-refractivity contribution in [2.45, 2.75) is 26.7 Å². The summed E-state index contributed by atoms with van der Waals surface area (Å²) >= 11 is 0. The number of likely N-dealkylation sites (tertiary alicyclic amines) is 1. The minimum absolute atomic E-state index is 0.0556. The van der Waals surface area contributed by atoms with Crippen LogP contribution in [-0.2, 0) is 9.59 Å². The predicted octanol–water partition coefficient (Wildman–Crippen LogP) is 1.35. The fourth-order valence-corrected chi connectivity index (χ4v) is 1.53. The molecule has 1 aliphatic heterocycles. The third kappa shape index (κ3) is 1.50. The molecule has 1 unspecified atom stereocenters. The van der Waals surface area contributed by atoms with Gasteiger partial charge in [0.2, 0.25) is 11.8 Å². The highest BCUT2D eigenvalue weighted by atomic mass is 16.2. The molecule has 0 N–H and O–H groups in total. The normalized spacial score (nSPS) is 28.3. The molecule has 72 valence electrons. The molecule has 0 radical (unpaired) electrons. The Morgan fingerprint density at radius 3 is 2.62 bits per heavy atom. The molecule has 0 aliphatic carbocycles. The average molecular weight is 181 g/mol. The number of imide groups is 1. The van der Waals surface area contributed by atoms with E-state index in [0.717, 1.165) is 0 Å². The van der Waals surface area contributed by atoms with Crippen molar-refractivity contribution >= 4 is 11.8 Å². The van der Waals surface area contributed by atoms with Gasteiger partial charge in [0.1, 0.15) is 0 Å². The van der Waals surface area contributed by atoms with Gasteiger partial charge in [0.15, 0.2) is 0 Å². The van der Waals surface area contributed by atoms with Crippen LogP contribution >= 0.6 is 0 Å². The highest BCUT2D eigenvalue weighted by molar-refractivity contribution is 6.05. The van der Waals surface area contributed by atoms with Gasteiger partial charge in [0.05, 0.1) is 5.41 Å². The summed E-state index contributed by atoms with van der Waals surface area (Å²) in [4.78, 5) is 24.4. The molecule has 3 nitrogen and oxygen atoms in total. The lowest BCUT2D eigenvalue weighted by Crippen LogP contribution is -2.33. The van der Waals surface area contributed by atoms with Crippen molar-refractivity contribution in [3.8, 4) is 0 Å². The van der Waals surface area contributed by atoms with Crippen LogP contribution in [0.3, 0.4) is 0 Å². The molecule has 1 heterocycles. The Balaban J connectivity index is 2.87. The Kier molecular flexibility index (Phi) is 2.55. The van der Waals surface area contributed by atoms with Crippen molar-refractivity contribution in [3.05, 3.63) is 12.7 Å². The lowest BCUT2D eigenvalue weighted by molar-refractivity contribution is -0.140. The standard InChI is InChI=1S/C10H15NO2/c1-4-6-11-8(12)7-10(3,5-2)9(11)13/h4H,1,5-7H2,2-3H3. The van der Waals surface area contributed by atoms with Crippen LogP contribution in [-0.4, -0.2) is 23.3 Å². The van der Waals surface area contributed by atoms with Crippen LogP contribution in [0.25, 0.3) is 0 Å². The monoisotopic (exact) mass is 181 g/mol. The summed E-state index contributed by atoms with van der Waals surface area (Å²) in [5.41, 5.74) is -0.472. The van der Waals surface area contributed by atoms with E-state index in [0.29, 0.717) is 19.4 Å². The van der Waals surface area contributed by atoms with Crippen LogP contribution in [0.2, 0.25) is 0 Å². The molecule has 1 saturated heterocycles. The molecule has 0 saturated carbocycles. The first-order valence-electron chi connectivity index (χ1n) is 4.51. The Morgan fingerprint density at radius 2 is 2.23 bits per heavy atom. The number of hydrogen-bond acceptors (Lipinski definition) is 2. The molecular formula is C10H15NO2. The molecule has 1 atom stereocenters. The molecule has 3 heteroatoms. The molecule has 1 aliphatic rings. The Morgan fingerprint density at radius 1 is 1.62 bits per heavy atom. The van der Waals surface area contributed by atoms with Gasteiger partial charge < -0.3 is 0 Å². The van der Waals surface area contributed by atoms with Crippen molar-refractivity contribution in [2.24, 2.45) is 5.41 Å². The van der Waals surface area contributed by atoms with Crippen LogP contribution in [0.4, 0.5) is 0 Å². The fraction of sp³-hybridized carbons (Fsp3) is 0.600. The van der Waals surface area contributed by atoms with Crippen molar-refractivity contribution in [3.63, 3.8) is 0 Å². The third-order valence-corrected chi connectivity index (χ3v) is 2.70. The summed E-state index contributed by atoms with van der Waals surface area (Å²) in [5.74, 6) is -0.130. The first-order valence-corrected chi connectivity index (χ1v) is 4.51. The maximum absolute atomic E-state index is 11.7. The maximum Gasteiger partial charge on any atom is 0.235 e. The molecule has 0 aromatic rings. The topological polar surface area (TPSA) is 37.4 Å². The average Bonchev–Trinajstić information content (AvgIpc) is 2.31. The van der Waals surface area contributed by atoms with E-state index in [1.54, 1.807) is 6.08 Å². The maximum atomic E-state index is 11.7. The van der Waals surface area contributed by atoms with Crippen LogP contribution in [0.1, 0.15) is 26.7 Å². The molecule has 0 spiro atoms. The molecule has 13 heavy (non-hydrogen) atoms. The smallest absolute Gasteiger partial charge is 0.235 e. The summed E-state index contributed by atoms with van der Waals surface area (Å²) in [7, 11) is 0. The number of carbonyl (C=O) groups excluding carboxylic acids is 2. The molecule has 2 amide bonds. The fourth-order valence-electron chi connectivity index (χ4n) is 1.53. The molecule has 0 aromatic carbocycles. The van der Waals surface area contributed by atoms with E-state index in [2.05, 4.69) is 6.58 Å². The van der Waals surface area contributed by atoms with Gasteiger partial charge in [-0.15, -0.1) is 6.58 Å². The summed E-state index contributed by atoms with van der Waals surface area (Å²) < 4.78 is 0. The predicted molar refractivity (Wildman–Crippen MR) is 49.9 cm³/mol. The quantitative estimate of drug-likeness (QED) is 0.487. The van der Waals surface area contributed by atoms with Gasteiger partial charge in [-0.25, -0.2) is 0 Å². The van der Waals surface area contributed by atoms with Gasteiger partial charge >= 0.3 is 0 Å². The van der Waals surface area contributed by atoms with Gasteiger partial charge in [-0.05, 0) is 6.42 Å². The molecule has 1 fully saturated rings. The summed E-state index contributed by atoms with van der Waals surface area (Å²) in [5, 5.41) is 0. The van der Waals surface area contributed by atoms with Crippen molar-refractivity contribution in [2.75, 3.05) is 6.54 Å². The molecule has 0 bridgehead atoms. The lowest BCUT2D eigenvalue weighted by atomic mass is 9.86. The second kappa shape index (κ2) is 3.32. The van der Waals surface area contributed by atoms with Gasteiger partial charge in [-0.1, -0.05) is 19.9 Å². The van der Waals surface area contributed by atoms with E-state index in [1.165, 1.54) is 4.90 Å². The molecular weight excluding hydrogens is 166 g/mol. The van der Waals surface area contributed by atoms with Crippen molar-refractivity contribution < 1.29 is 9.59 Å². The largest absolute Gasteiger partial charge is 0.278 e. The first-order chi connectivity index (χ1) is 6.05. The zero-order valence-electron chi connectivity index (χ0n) is 8.17. The Hall–Kier alpha value is -1.12. The van der Waals surface area contributed by atoms with Crippen LogP contribution < -0.4 is 0 Å². The number of hydrogen-bond donors (Lipinski definition) is 0. The summed E-state index contributed by atoms with van der Waals surface area (Å²) in [6, 6.07) is 0. The van der Waals surface area contributed by atoms with E-state index >= 15 is 0 Å². The van der Waals surface area contributed by atoms with Crippen LogP contribution in [0, 0.1) is 5.41 Å². The minimum Gasteiger partial charge on any atom is -0.278 e. The molecule has 1 rings (SSSR count). The van der Waals surface area contributed by atoms with Crippen molar-refractivity contribution in [1.82, 2.24) is 4.90 Å². The number of rotatable bonds is 3. The van der Waals surface area contributed by atoms with Gasteiger partial charge in [-0.2, -0.15) is 0 Å². The number of amides is 2. The minimum atomic E-state index is -0.472. The zero-order chi connectivity index (χ0) is 10.1. The number of carbonyl (C=O) groups is 2. The summed E-state index contributed by atoms with van der Waals surface area (Å²) in [6.45, 7) is 7.64. The Labute approximate surface area is 78.4 Å². The second-order valence-electron chi connectivity index (χ2n) is 3.69. The Bertz CT molecular complexity index is 260. The lowest BCUT2D eigenvalue weighted by Gasteiger charge is -2.19. The van der Waals surface area contributed by atoms with Crippen LogP contribution in [0.15, 0.2) is 12.7 Å². The van der Waals surface area contributed by atoms with Gasteiger partial charge in [-0.3, -0.25) is 14.5 Å². The van der Waals surface area contributed by atoms with Crippen LogP contribution in [0.5, 0.6) is 0 Å². The third-order valence-electron chi connectivity index (χ3n) is 2.70. The highest BCUT2D eigenvalue weighted by Crippen LogP contribution is 2.35. The second-order valence-corrected chi connectivity index (χ2v) is 3.69. The van der Waals surface area contributed by atoms with E-state index in [9.17, 15) is 9.59 Å². The highest BCUT2D eigenvalue weighted by Gasteiger charge is 2.46. The van der Waals surface area contributed by atoms with E-state index in [-0.39, 0.29) is 11.8 Å². The van der Waals surface area contributed by atoms with Gasteiger partial charge in [0.25, 0.3) is 0 Å². The van der Waals surface area contributed by atoms with E-state index < -0.39 is 5.41 Å². The SMILES string of the molecule is C=CCN1C(=O)CC(C)(CC)C1=O. The van der Waals surface area contributed by atoms with E-state index in [1.807, 2.05) is 13.8 Å². The first kappa shape index (κ1) is 9.96. The summed E-state index contributed by atoms with van der Waals surface area (Å²) in [6.07, 6.45) is 2.64. The van der Waals surface area contributed by atoms with Crippen molar-refractivity contribution in [1.29, 1.82) is 0 Å². The number of nitrogens with zero attached hydrogens (tertiary/aromatic N) is 1.